The van der Waals surface area contributed by atoms with E-state index in [1.807, 2.05) is 18.2 Å². The Labute approximate surface area is 103 Å². The molecule has 1 heterocycles. The van der Waals surface area contributed by atoms with Gasteiger partial charge in [0.1, 0.15) is 12.4 Å². The number of anilines is 1. The topological polar surface area (TPSA) is 32.7 Å². The molecule has 0 spiro atoms. The third kappa shape index (κ3) is 2.91. The van der Waals surface area contributed by atoms with E-state index in [1.165, 1.54) is 19.3 Å². The van der Waals surface area contributed by atoms with Crippen LogP contribution in [0.4, 0.5) is 5.69 Å². The second-order valence-corrected chi connectivity index (χ2v) is 4.50. The lowest BCUT2D eigenvalue weighted by molar-refractivity contribution is 0.280. The van der Waals surface area contributed by atoms with Gasteiger partial charge in [-0.15, -0.1) is 0 Å². The van der Waals surface area contributed by atoms with Crippen molar-refractivity contribution in [1.82, 2.24) is 0 Å². The average Bonchev–Trinajstić information content (AvgIpc) is 2.39. The van der Waals surface area contributed by atoms with Crippen molar-refractivity contribution in [3.05, 3.63) is 23.8 Å². The Morgan fingerprint density at radius 1 is 1.35 bits per heavy atom. The zero-order valence-electron chi connectivity index (χ0n) is 10.5. The molecule has 1 aliphatic heterocycles. The maximum Gasteiger partial charge on any atom is 0.142 e. The standard InChI is InChI=1S/C14H21NO2/c1-2-3-4-7-15-8-9-17-14-6-5-12(11-16)10-13(14)15/h5-6,10,16H,2-4,7-9,11H2,1H3. The van der Waals surface area contributed by atoms with Gasteiger partial charge in [0, 0.05) is 6.54 Å². The van der Waals surface area contributed by atoms with Gasteiger partial charge in [-0.1, -0.05) is 25.8 Å². The van der Waals surface area contributed by atoms with Crippen LogP contribution in [0.25, 0.3) is 0 Å². The lowest BCUT2D eigenvalue weighted by atomic mass is 10.1. The van der Waals surface area contributed by atoms with Crippen LogP contribution >= 0.6 is 0 Å². The van der Waals surface area contributed by atoms with Crippen molar-refractivity contribution >= 4 is 5.69 Å². The van der Waals surface area contributed by atoms with Crippen LogP contribution in [0, 0.1) is 0 Å². The maximum absolute atomic E-state index is 9.18. The molecule has 0 aliphatic carbocycles. The van der Waals surface area contributed by atoms with E-state index in [9.17, 15) is 5.11 Å². The number of benzene rings is 1. The summed E-state index contributed by atoms with van der Waals surface area (Å²) < 4.78 is 5.64. The highest BCUT2D eigenvalue weighted by Gasteiger charge is 2.17. The summed E-state index contributed by atoms with van der Waals surface area (Å²) in [5.74, 6) is 0.949. The first-order chi connectivity index (χ1) is 8.35. The number of unbranched alkanes of at least 4 members (excludes halogenated alkanes) is 2. The van der Waals surface area contributed by atoms with Gasteiger partial charge in [-0.3, -0.25) is 0 Å². The molecule has 3 heteroatoms. The molecule has 1 aromatic carbocycles. The quantitative estimate of drug-likeness (QED) is 0.796. The van der Waals surface area contributed by atoms with E-state index in [0.717, 1.165) is 36.7 Å². The van der Waals surface area contributed by atoms with Crippen LogP contribution in [0.3, 0.4) is 0 Å². The molecule has 1 N–H and O–H groups in total. The molecule has 0 bridgehead atoms. The second kappa shape index (κ2) is 5.92. The molecule has 0 saturated heterocycles. The summed E-state index contributed by atoms with van der Waals surface area (Å²) in [5.41, 5.74) is 2.09. The van der Waals surface area contributed by atoms with Gasteiger partial charge in [0.05, 0.1) is 18.8 Å². The predicted molar refractivity (Wildman–Crippen MR) is 69.6 cm³/mol. The highest BCUT2D eigenvalue weighted by Crippen LogP contribution is 2.32. The van der Waals surface area contributed by atoms with E-state index in [2.05, 4.69) is 11.8 Å². The van der Waals surface area contributed by atoms with Crippen LogP contribution in [0.2, 0.25) is 0 Å². The zero-order valence-corrected chi connectivity index (χ0v) is 10.5. The van der Waals surface area contributed by atoms with E-state index >= 15 is 0 Å². The average molecular weight is 235 g/mol. The number of nitrogens with zero attached hydrogens (tertiary/aromatic N) is 1. The molecule has 1 aliphatic rings. The molecule has 94 valence electrons. The number of hydrogen-bond acceptors (Lipinski definition) is 3. The van der Waals surface area contributed by atoms with E-state index in [1.54, 1.807) is 0 Å². The van der Waals surface area contributed by atoms with Gasteiger partial charge in [0.25, 0.3) is 0 Å². The van der Waals surface area contributed by atoms with E-state index in [0.29, 0.717) is 0 Å². The van der Waals surface area contributed by atoms with E-state index in [4.69, 9.17) is 4.74 Å². The van der Waals surface area contributed by atoms with Crippen LogP contribution in [-0.4, -0.2) is 24.8 Å². The maximum atomic E-state index is 9.18. The van der Waals surface area contributed by atoms with Crippen molar-refractivity contribution in [2.75, 3.05) is 24.6 Å². The first kappa shape index (κ1) is 12.2. The highest BCUT2D eigenvalue weighted by molar-refractivity contribution is 5.61. The van der Waals surface area contributed by atoms with Crippen molar-refractivity contribution in [3.63, 3.8) is 0 Å². The van der Waals surface area contributed by atoms with Crippen LogP contribution in [0.15, 0.2) is 18.2 Å². The molecular formula is C14H21NO2. The first-order valence-electron chi connectivity index (χ1n) is 6.46. The summed E-state index contributed by atoms with van der Waals surface area (Å²) in [4.78, 5) is 2.37. The molecule has 0 radical (unpaired) electrons. The van der Waals surface area contributed by atoms with Gasteiger partial charge in [0.15, 0.2) is 0 Å². The molecule has 0 atom stereocenters. The third-order valence-electron chi connectivity index (χ3n) is 3.20. The van der Waals surface area contributed by atoms with Crippen LogP contribution in [0.1, 0.15) is 31.7 Å². The first-order valence-corrected chi connectivity index (χ1v) is 6.46. The minimum atomic E-state index is 0.0933. The summed E-state index contributed by atoms with van der Waals surface area (Å²) in [6.45, 7) is 5.11. The third-order valence-corrected chi connectivity index (χ3v) is 3.20. The highest BCUT2D eigenvalue weighted by atomic mass is 16.5. The number of hydrogen-bond donors (Lipinski definition) is 1. The molecule has 17 heavy (non-hydrogen) atoms. The lowest BCUT2D eigenvalue weighted by Crippen LogP contribution is -2.33. The summed E-state index contributed by atoms with van der Waals surface area (Å²) in [6.07, 6.45) is 3.74. The fourth-order valence-electron chi connectivity index (χ4n) is 2.20. The van der Waals surface area contributed by atoms with Crippen molar-refractivity contribution in [3.8, 4) is 5.75 Å². The van der Waals surface area contributed by atoms with Gasteiger partial charge in [0.2, 0.25) is 0 Å². The van der Waals surface area contributed by atoms with Crippen LogP contribution < -0.4 is 9.64 Å². The van der Waals surface area contributed by atoms with Gasteiger partial charge >= 0.3 is 0 Å². The van der Waals surface area contributed by atoms with Gasteiger partial charge in [-0.2, -0.15) is 0 Å². The van der Waals surface area contributed by atoms with Crippen molar-refractivity contribution in [2.45, 2.75) is 32.8 Å². The molecule has 1 aromatic rings. The summed E-state index contributed by atoms with van der Waals surface area (Å²) in [5, 5.41) is 9.18. The Hall–Kier alpha value is -1.22. The minimum Gasteiger partial charge on any atom is -0.490 e. The van der Waals surface area contributed by atoms with E-state index < -0.39 is 0 Å². The number of fused-ring (bicyclic) bond motifs is 1. The fraction of sp³-hybridized carbons (Fsp3) is 0.571. The van der Waals surface area contributed by atoms with E-state index in [-0.39, 0.29) is 6.61 Å². The molecular weight excluding hydrogens is 214 g/mol. The number of aliphatic hydroxyl groups is 1. The molecule has 3 nitrogen and oxygen atoms in total. The Morgan fingerprint density at radius 2 is 2.24 bits per heavy atom. The number of rotatable bonds is 5. The number of aliphatic hydroxyl groups excluding tert-OH is 1. The molecule has 0 amide bonds. The minimum absolute atomic E-state index is 0.0933. The normalized spacial score (nSPS) is 14.4. The second-order valence-electron chi connectivity index (χ2n) is 4.50. The lowest BCUT2D eigenvalue weighted by Gasteiger charge is -2.31. The van der Waals surface area contributed by atoms with Crippen LogP contribution in [-0.2, 0) is 6.61 Å². The number of ether oxygens (including phenoxy) is 1. The van der Waals surface area contributed by atoms with Gasteiger partial charge in [-0.05, 0) is 24.1 Å². The molecule has 0 unspecified atom stereocenters. The monoisotopic (exact) mass is 235 g/mol. The summed E-state index contributed by atoms with van der Waals surface area (Å²) >= 11 is 0. The Morgan fingerprint density at radius 3 is 3.00 bits per heavy atom. The Bertz CT molecular complexity index is 365. The smallest absolute Gasteiger partial charge is 0.142 e. The Kier molecular flexibility index (Phi) is 4.26. The SMILES string of the molecule is CCCCCN1CCOc2ccc(CO)cc21. The van der Waals surface area contributed by atoms with Crippen LogP contribution in [0.5, 0.6) is 5.75 Å². The van der Waals surface area contributed by atoms with Gasteiger partial charge < -0.3 is 14.7 Å². The molecule has 0 fully saturated rings. The van der Waals surface area contributed by atoms with Crippen molar-refractivity contribution in [1.29, 1.82) is 0 Å². The van der Waals surface area contributed by atoms with Crippen molar-refractivity contribution < 1.29 is 9.84 Å². The molecule has 2 rings (SSSR count). The summed E-state index contributed by atoms with van der Waals surface area (Å²) in [6, 6.07) is 5.93. The predicted octanol–water partition coefficient (Wildman–Crippen LogP) is 2.57. The summed E-state index contributed by atoms with van der Waals surface area (Å²) in [7, 11) is 0. The molecule has 0 saturated carbocycles. The van der Waals surface area contributed by atoms with Gasteiger partial charge in [-0.25, -0.2) is 0 Å². The molecule has 0 aromatic heterocycles. The zero-order chi connectivity index (χ0) is 12.1. The van der Waals surface area contributed by atoms with Crippen molar-refractivity contribution in [2.24, 2.45) is 0 Å². The largest absolute Gasteiger partial charge is 0.490 e. The fourth-order valence-corrected chi connectivity index (χ4v) is 2.20. The Balaban J connectivity index is 2.11.